The monoisotopic (exact) mass is 318 g/mol. The molecule has 2 aliphatic rings. The van der Waals surface area contributed by atoms with Crippen molar-refractivity contribution < 1.29 is 14.6 Å². The van der Waals surface area contributed by atoms with E-state index in [-0.39, 0.29) is 6.10 Å². The summed E-state index contributed by atoms with van der Waals surface area (Å²) in [6.07, 6.45) is 3.82. The maximum Gasteiger partial charge on any atom is 0.336 e. The Balaban J connectivity index is 1.63. The van der Waals surface area contributed by atoms with E-state index in [2.05, 4.69) is 9.80 Å². The molecule has 2 heterocycles. The third-order valence-corrected chi connectivity index (χ3v) is 4.74. The highest BCUT2D eigenvalue weighted by Crippen LogP contribution is 2.16. The lowest BCUT2D eigenvalue weighted by atomic mass is 10.1. The molecule has 0 amide bonds. The summed E-state index contributed by atoms with van der Waals surface area (Å²) in [5.74, 6) is -0.847. The van der Waals surface area contributed by atoms with Crippen LogP contribution in [0.25, 0.3) is 0 Å². The molecule has 1 atom stereocenters. The Kier molecular flexibility index (Phi) is 5.65. The van der Waals surface area contributed by atoms with Crippen molar-refractivity contribution in [2.75, 3.05) is 39.3 Å². The Morgan fingerprint density at radius 1 is 1.13 bits per heavy atom. The lowest BCUT2D eigenvalue weighted by molar-refractivity contribution is 0.0307. The Morgan fingerprint density at radius 3 is 2.65 bits per heavy atom. The first kappa shape index (κ1) is 16.4. The maximum atomic E-state index is 11.4. The van der Waals surface area contributed by atoms with Gasteiger partial charge in [-0.05, 0) is 44.0 Å². The highest BCUT2D eigenvalue weighted by atomic mass is 16.5. The van der Waals surface area contributed by atoms with E-state index in [1.54, 1.807) is 12.1 Å². The van der Waals surface area contributed by atoms with Gasteiger partial charge in [0.2, 0.25) is 0 Å². The summed E-state index contributed by atoms with van der Waals surface area (Å²) >= 11 is 0. The Hall–Kier alpha value is -1.43. The largest absolute Gasteiger partial charge is 0.478 e. The summed E-state index contributed by atoms with van der Waals surface area (Å²) < 4.78 is 6.01. The molecule has 5 nitrogen and oxygen atoms in total. The van der Waals surface area contributed by atoms with Crippen LogP contribution in [0.5, 0.6) is 0 Å². The number of rotatable bonds is 5. The zero-order chi connectivity index (χ0) is 16.1. The van der Waals surface area contributed by atoms with Crippen molar-refractivity contribution in [2.45, 2.75) is 31.9 Å². The number of aromatic carboxylic acids is 1. The van der Waals surface area contributed by atoms with Crippen molar-refractivity contribution in [3.63, 3.8) is 0 Å². The highest BCUT2D eigenvalue weighted by Gasteiger charge is 2.23. The van der Waals surface area contributed by atoms with Crippen LogP contribution in [-0.2, 0) is 11.3 Å². The molecule has 0 saturated carbocycles. The minimum Gasteiger partial charge on any atom is -0.478 e. The Morgan fingerprint density at radius 2 is 1.87 bits per heavy atom. The van der Waals surface area contributed by atoms with Gasteiger partial charge in [-0.25, -0.2) is 4.79 Å². The molecule has 2 saturated heterocycles. The van der Waals surface area contributed by atoms with Crippen molar-refractivity contribution in [1.82, 2.24) is 9.80 Å². The summed E-state index contributed by atoms with van der Waals surface area (Å²) in [6.45, 7) is 6.69. The fourth-order valence-corrected chi connectivity index (χ4v) is 3.59. The van der Waals surface area contributed by atoms with Crippen LogP contribution in [-0.4, -0.2) is 66.3 Å². The third kappa shape index (κ3) is 4.53. The number of ether oxygens (including phenoxy) is 1. The molecule has 1 aromatic rings. The van der Waals surface area contributed by atoms with E-state index in [0.29, 0.717) is 12.1 Å². The highest BCUT2D eigenvalue weighted by molar-refractivity contribution is 5.89. The standard InChI is InChI=1S/C18H26N2O3/c21-18(22)17-7-2-1-6-15(17)12-20-10-5-11-23-16(14-20)13-19-8-3-4-9-19/h1-2,6-7,16H,3-5,8-14H2,(H,21,22)/t16-/m1/s1. The van der Waals surface area contributed by atoms with Crippen LogP contribution >= 0.6 is 0 Å². The van der Waals surface area contributed by atoms with Gasteiger partial charge >= 0.3 is 5.97 Å². The lowest BCUT2D eigenvalue weighted by Gasteiger charge is -2.27. The zero-order valence-corrected chi connectivity index (χ0v) is 13.6. The second-order valence-corrected chi connectivity index (χ2v) is 6.55. The Labute approximate surface area is 137 Å². The minimum atomic E-state index is -0.847. The first-order valence-electron chi connectivity index (χ1n) is 8.60. The van der Waals surface area contributed by atoms with Gasteiger partial charge < -0.3 is 14.7 Å². The van der Waals surface area contributed by atoms with Gasteiger partial charge in [-0.3, -0.25) is 4.90 Å². The number of carboxylic acid groups (broad SMARTS) is 1. The first-order valence-corrected chi connectivity index (χ1v) is 8.60. The van der Waals surface area contributed by atoms with Crippen LogP contribution in [0.2, 0.25) is 0 Å². The molecule has 2 aliphatic heterocycles. The molecule has 0 spiro atoms. The van der Waals surface area contributed by atoms with Crippen LogP contribution in [0.1, 0.15) is 35.2 Å². The van der Waals surface area contributed by atoms with E-state index in [1.807, 2.05) is 12.1 Å². The molecule has 3 rings (SSSR count). The van der Waals surface area contributed by atoms with Crippen LogP contribution in [0.3, 0.4) is 0 Å². The Bertz CT molecular complexity index is 529. The predicted octanol–water partition coefficient (Wildman–Crippen LogP) is 2.07. The molecule has 0 radical (unpaired) electrons. The van der Waals surface area contributed by atoms with E-state index in [1.165, 1.54) is 25.9 Å². The smallest absolute Gasteiger partial charge is 0.336 e. The number of carbonyl (C=O) groups is 1. The van der Waals surface area contributed by atoms with Crippen molar-refractivity contribution >= 4 is 5.97 Å². The quantitative estimate of drug-likeness (QED) is 0.901. The molecular weight excluding hydrogens is 292 g/mol. The van der Waals surface area contributed by atoms with E-state index >= 15 is 0 Å². The van der Waals surface area contributed by atoms with Gasteiger partial charge in [0.05, 0.1) is 11.7 Å². The average molecular weight is 318 g/mol. The first-order chi connectivity index (χ1) is 11.2. The van der Waals surface area contributed by atoms with Crippen molar-refractivity contribution in [3.8, 4) is 0 Å². The molecule has 23 heavy (non-hydrogen) atoms. The number of benzene rings is 1. The van der Waals surface area contributed by atoms with Gasteiger partial charge in [-0.15, -0.1) is 0 Å². The molecule has 0 bridgehead atoms. The molecule has 2 fully saturated rings. The van der Waals surface area contributed by atoms with Crippen molar-refractivity contribution in [3.05, 3.63) is 35.4 Å². The maximum absolute atomic E-state index is 11.4. The molecule has 1 N–H and O–H groups in total. The molecule has 0 unspecified atom stereocenters. The number of hydrogen-bond acceptors (Lipinski definition) is 4. The van der Waals surface area contributed by atoms with E-state index < -0.39 is 5.97 Å². The molecule has 5 heteroatoms. The minimum absolute atomic E-state index is 0.229. The van der Waals surface area contributed by atoms with Gasteiger partial charge in [0.25, 0.3) is 0 Å². The van der Waals surface area contributed by atoms with Crippen LogP contribution < -0.4 is 0 Å². The number of likely N-dealkylation sites (tertiary alicyclic amines) is 1. The normalized spacial score (nSPS) is 23.7. The van der Waals surface area contributed by atoms with E-state index in [0.717, 1.165) is 38.2 Å². The van der Waals surface area contributed by atoms with Crippen LogP contribution in [0, 0.1) is 0 Å². The van der Waals surface area contributed by atoms with Crippen molar-refractivity contribution in [2.24, 2.45) is 0 Å². The zero-order valence-electron chi connectivity index (χ0n) is 13.6. The van der Waals surface area contributed by atoms with E-state index in [9.17, 15) is 9.90 Å². The fraction of sp³-hybridized carbons (Fsp3) is 0.611. The van der Waals surface area contributed by atoms with Gasteiger partial charge in [0, 0.05) is 32.8 Å². The van der Waals surface area contributed by atoms with Crippen LogP contribution in [0.4, 0.5) is 0 Å². The molecule has 0 aliphatic carbocycles. The average Bonchev–Trinajstić information content (AvgIpc) is 2.94. The van der Waals surface area contributed by atoms with Gasteiger partial charge in [-0.2, -0.15) is 0 Å². The third-order valence-electron chi connectivity index (χ3n) is 4.74. The van der Waals surface area contributed by atoms with Crippen molar-refractivity contribution in [1.29, 1.82) is 0 Å². The molecule has 1 aromatic carbocycles. The SMILES string of the molecule is O=C(O)c1ccccc1CN1CCCO[C@H](CN2CCCC2)C1. The summed E-state index contributed by atoms with van der Waals surface area (Å²) in [5.41, 5.74) is 1.30. The number of nitrogens with zero attached hydrogens (tertiary/aromatic N) is 2. The summed E-state index contributed by atoms with van der Waals surface area (Å²) in [7, 11) is 0. The van der Waals surface area contributed by atoms with Crippen LogP contribution in [0.15, 0.2) is 24.3 Å². The number of hydrogen-bond donors (Lipinski definition) is 1. The number of carboxylic acids is 1. The lowest BCUT2D eigenvalue weighted by Crippen LogP contribution is -2.39. The topological polar surface area (TPSA) is 53.0 Å². The summed E-state index contributed by atoms with van der Waals surface area (Å²) in [6, 6.07) is 7.31. The van der Waals surface area contributed by atoms with Gasteiger partial charge in [-0.1, -0.05) is 18.2 Å². The van der Waals surface area contributed by atoms with E-state index in [4.69, 9.17) is 4.74 Å². The summed E-state index contributed by atoms with van der Waals surface area (Å²) in [4.78, 5) is 16.2. The molecule has 0 aromatic heterocycles. The fourth-order valence-electron chi connectivity index (χ4n) is 3.59. The predicted molar refractivity (Wildman–Crippen MR) is 88.7 cm³/mol. The second-order valence-electron chi connectivity index (χ2n) is 6.55. The molecule has 126 valence electrons. The summed E-state index contributed by atoms with van der Waals surface area (Å²) in [5, 5.41) is 9.34. The van der Waals surface area contributed by atoms with Gasteiger partial charge in [0.15, 0.2) is 0 Å². The molecular formula is C18H26N2O3. The second kappa shape index (κ2) is 7.90. The van der Waals surface area contributed by atoms with Gasteiger partial charge in [0.1, 0.15) is 0 Å².